The maximum Gasteiger partial charge on any atom is 0.410 e. The summed E-state index contributed by atoms with van der Waals surface area (Å²) in [5.41, 5.74) is -0.401. The minimum absolute atomic E-state index is 0.0824. The highest BCUT2D eigenvalue weighted by molar-refractivity contribution is 5.68. The highest BCUT2D eigenvalue weighted by Gasteiger charge is 2.56. The molecule has 1 N–H and O–H groups in total. The van der Waals surface area contributed by atoms with Crippen molar-refractivity contribution in [2.24, 2.45) is 17.8 Å². The van der Waals surface area contributed by atoms with E-state index in [-0.39, 0.29) is 35.6 Å². The van der Waals surface area contributed by atoms with Crippen LogP contribution in [0.5, 0.6) is 0 Å². The number of aromatic nitrogens is 1. The van der Waals surface area contributed by atoms with Crippen LogP contribution in [-0.2, 0) is 4.74 Å². The Labute approximate surface area is 163 Å². The van der Waals surface area contributed by atoms with E-state index in [0.717, 1.165) is 32.1 Å². The first-order valence-corrected chi connectivity index (χ1v) is 10.2. The average Bonchev–Trinajstić information content (AvgIpc) is 3.13. The van der Waals surface area contributed by atoms with Crippen LogP contribution in [0.3, 0.4) is 0 Å². The molecular formula is C21H25N3O4. The lowest BCUT2D eigenvalue weighted by molar-refractivity contribution is -0.177. The molecule has 6 rings (SSSR count). The van der Waals surface area contributed by atoms with E-state index in [1.807, 2.05) is 6.07 Å². The molecule has 28 heavy (non-hydrogen) atoms. The Balaban J connectivity index is 1.24. The number of carbonyl (C=O) groups excluding carboxylic acids is 1. The summed E-state index contributed by atoms with van der Waals surface area (Å²) in [5.74, 6) is 1.14. The van der Waals surface area contributed by atoms with Gasteiger partial charge in [0.2, 0.25) is 0 Å². The highest BCUT2D eigenvalue weighted by atomic mass is 16.6. The fourth-order valence-corrected chi connectivity index (χ4v) is 6.31. The number of rotatable bonds is 2. The Morgan fingerprint density at radius 2 is 2.04 bits per heavy atom. The molecule has 5 fully saturated rings. The van der Waals surface area contributed by atoms with E-state index in [1.54, 1.807) is 21.7 Å². The van der Waals surface area contributed by atoms with Crippen molar-refractivity contribution in [3.8, 4) is 6.07 Å². The van der Waals surface area contributed by atoms with E-state index in [4.69, 9.17) is 10.00 Å². The lowest BCUT2D eigenvalue weighted by Gasteiger charge is -2.57. The monoisotopic (exact) mass is 383 g/mol. The maximum atomic E-state index is 12.8. The molecule has 0 radical (unpaired) electrons. The largest absolute Gasteiger partial charge is 0.446 e. The Kier molecular flexibility index (Phi) is 4.02. The molecule has 1 aromatic heterocycles. The second-order valence-electron chi connectivity index (χ2n) is 9.20. The molecule has 4 saturated carbocycles. The van der Waals surface area contributed by atoms with Gasteiger partial charge in [0.05, 0.1) is 23.3 Å². The number of hydrogen-bond acceptors (Lipinski definition) is 5. The summed E-state index contributed by atoms with van der Waals surface area (Å²) in [5, 5.41) is 19.6. The molecule has 1 aromatic rings. The van der Waals surface area contributed by atoms with Crippen molar-refractivity contribution in [2.75, 3.05) is 13.1 Å². The lowest BCUT2D eigenvalue weighted by atomic mass is 9.53. The van der Waals surface area contributed by atoms with E-state index in [0.29, 0.717) is 31.0 Å². The Hall–Kier alpha value is -2.33. The minimum atomic E-state index is -0.533. The normalized spacial score (nSPS) is 38.4. The highest BCUT2D eigenvalue weighted by Crippen LogP contribution is 2.56. The molecule has 0 aromatic carbocycles. The SMILES string of the molecule is N#Cc1ccn([C@@H]2CCN(C(=O)O[C@H]3C4CC5CC3C[C@@](O)(C5)C4)C2)c(=O)c1. The number of ether oxygens (including phenoxy) is 1. The van der Waals surface area contributed by atoms with E-state index in [1.165, 1.54) is 6.07 Å². The third-order valence-electron chi connectivity index (χ3n) is 7.28. The first kappa shape index (κ1) is 17.7. The predicted molar refractivity (Wildman–Crippen MR) is 99.4 cm³/mol. The predicted octanol–water partition coefficient (Wildman–Crippen LogP) is 2.04. The van der Waals surface area contributed by atoms with Crippen molar-refractivity contribution in [3.63, 3.8) is 0 Å². The van der Waals surface area contributed by atoms with Gasteiger partial charge in [-0.25, -0.2) is 4.79 Å². The quantitative estimate of drug-likeness (QED) is 0.843. The standard InChI is InChI=1S/C21H25N3O4/c22-11-13-1-4-24(18(25)7-13)17-2-3-23(12-17)20(26)28-19-15-5-14-6-16(19)10-21(27,8-14)9-15/h1,4,7,14-17,19,27H,2-3,5-6,8-10,12H2/t14?,15?,16?,17-,19-,21+/m1/s1. The van der Waals surface area contributed by atoms with E-state index in [9.17, 15) is 14.7 Å². The van der Waals surface area contributed by atoms with Gasteiger partial charge < -0.3 is 19.3 Å². The van der Waals surface area contributed by atoms with Crippen LogP contribution in [0.2, 0.25) is 0 Å². The molecular weight excluding hydrogens is 358 g/mol. The van der Waals surface area contributed by atoms with Gasteiger partial charge >= 0.3 is 6.09 Å². The van der Waals surface area contributed by atoms with Crippen molar-refractivity contribution in [1.29, 1.82) is 5.26 Å². The number of aliphatic hydroxyl groups is 1. The van der Waals surface area contributed by atoms with E-state index < -0.39 is 5.60 Å². The summed E-state index contributed by atoms with van der Waals surface area (Å²) in [6.45, 7) is 1.00. The van der Waals surface area contributed by atoms with Gasteiger partial charge in [-0.1, -0.05) is 0 Å². The topological polar surface area (TPSA) is 95.6 Å². The van der Waals surface area contributed by atoms with Crippen molar-refractivity contribution < 1.29 is 14.6 Å². The van der Waals surface area contributed by atoms with Crippen LogP contribution >= 0.6 is 0 Å². The van der Waals surface area contributed by atoms with Crippen molar-refractivity contribution in [2.45, 2.75) is 56.3 Å². The lowest BCUT2D eigenvalue weighted by Crippen LogP contribution is -2.58. The van der Waals surface area contributed by atoms with Crippen LogP contribution in [0.4, 0.5) is 4.79 Å². The van der Waals surface area contributed by atoms with Gasteiger partial charge in [-0.2, -0.15) is 5.26 Å². The number of pyridine rings is 1. The molecule has 7 nitrogen and oxygen atoms in total. The van der Waals surface area contributed by atoms with Gasteiger partial charge in [0.15, 0.2) is 0 Å². The smallest absolute Gasteiger partial charge is 0.410 e. The molecule has 4 bridgehead atoms. The number of amides is 1. The van der Waals surface area contributed by atoms with Gasteiger partial charge in [-0.05, 0) is 62.3 Å². The zero-order valence-electron chi connectivity index (χ0n) is 15.8. The second kappa shape index (κ2) is 6.35. The van der Waals surface area contributed by atoms with Crippen LogP contribution in [0, 0.1) is 29.1 Å². The Morgan fingerprint density at radius 1 is 1.29 bits per heavy atom. The molecule has 0 spiro atoms. The first-order valence-electron chi connectivity index (χ1n) is 10.2. The van der Waals surface area contributed by atoms with Gasteiger partial charge in [-0.15, -0.1) is 0 Å². The molecule has 2 unspecified atom stereocenters. The minimum Gasteiger partial charge on any atom is -0.446 e. The average molecular weight is 383 g/mol. The van der Waals surface area contributed by atoms with E-state index >= 15 is 0 Å². The molecule has 2 heterocycles. The molecule has 3 atom stereocenters. The first-order chi connectivity index (χ1) is 13.4. The molecule has 7 heteroatoms. The maximum absolute atomic E-state index is 12.8. The van der Waals surface area contributed by atoms with Gasteiger partial charge in [0.1, 0.15) is 6.10 Å². The number of nitriles is 1. The second-order valence-corrected chi connectivity index (χ2v) is 9.20. The van der Waals surface area contributed by atoms with Gasteiger partial charge in [0.25, 0.3) is 5.56 Å². The van der Waals surface area contributed by atoms with Crippen LogP contribution in [0.1, 0.15) is 50.1 Å². The Morgan fingerprint density at radius 3 is 2.68 bits per heavy atom. The summed E-state index contributed by atoms with van der Waals surface area (Å²) >= 11 is 0. The molecule has 1 saturated heterocycles. The van der Waals surface area contributed by atoms with Crippen molar-refractivity contribution >= 4 is 6.09 Å². The fraction of sp³-hybridized carbons (Fsp3) is 0.667. The zero-order valence-corrected chi connectivity index (χ0v) is 15.8. The van der Waals surface area contributed by atoms with Crippen LogP contribution in [0.25, 0.3) is 0 Å². The number of nitrogens with zero attached hydrogens (tertiary/aromatic N) is 3. The van der Waals surface area contributed by atoms with Crippen LogP contribution in [0.15, 0.2) is 23.1 Å². The molecule has 1 aliphatic heterocycles. The number of likely N-dealkylation sites (tertiary alicyclic amines) is 1. The van der Waals surface area contributed by atoms with Crippen molar-refractivity contribution in [1.82, 2.24) is 9.47 Å². The summed E-state index contributed by atoms with van der Waals surface area (Å²) in [7, 11) is 0. The summed E-state index contributed by atoms with van der Waals surface area (Å²) in [6.07, 6.45) is 6.48. The van der Waals surface area contributed by atoms with E-state index in [2.05, 4.69) is 0 Å². The molecule has 148 valence electrons. The summed E-state index contributed by atoms with van der Waals surface area (Å²) < 4.78 is 7.56. The molecule has 5 aliphatic rings. The third-order valence-corrected chi connectivity index (χ3v) is 7.28. The van der Waals surface area contributed by atoms with Crippen molar-refractivity contribution in [3.05, 3.63) is 34.2 Å². The van der Waals surface area contributed by atoms with Gasteiger partial charge in [-0.3, -0.25) is 4.79 Å². The molecule has 4 aliphatic carbocycles. The fourth-order valence-electron chi connectivity index (χ4n) is 6.31. The number of carbonyl (C=O) groups is 1. The molecule has 1 amide bonds. The van der Waals surface area contributed by atoms with Crippen LogP contribution < -0.4 is 5.56 Å². The third kappa shape index (κ3) is 2.91. The Bertz CT molecular complexity index is 888. The zero-order chi connectivity index (χ0) is 19.5. The van der Waals surface area contributed by atoms with Crippen LogP contribution in [-0.4, -0.2) is 45.5 Å². The number of hydrogen-bond donors (Lipinski definition) is 1. The summed E-state index contributed by atoms with van der Waals surface area (Å²) in [6, 6.07) is 4.84. The summed E-state index contributed by atoms with van der Waals surface area (Å²) in [4.78, 5) is 26.7. The van der Waals surface area contributed by atoms with Gasteiger partial charge in [0, 0.05) is 25.4 Å².